The van der Waals surface area contributed by atoms with Crippen molar-refractivity contribution in [2.24, 2.45) is 0 Å². The maximum atomic E-state index is 12.8. The third-order valence-electron chi connectivity index (χ3n) is 2.87. The summed E-state index contributed by atoms with van der Waals surface area (Å²) in [4.78, 5) is 23.0. The number of nitrogens with zero attached hydrogens (tertiary/aromatic N) is 1. The molecule has 0 aliphatic carbocycles. The second kappa shape index (κ2) is 5.66. The predicted molar refractivity (Wildman–Crippen MR) is 66.1 cm³/mol. The van der Waals surface area contributed by atoms with Crippen LogP contribution < -0.4 is 15.8 Å². The average molecular weight is 267 g/mol. The largest absolute Gasteiger partial charge is 0.463 e. The fraction of sp³-hybridized carbons (Fsp3) is 0.333. The highest BCUT2D eigenvalue weighted by Crippen LogP contribution is 2.14. The van der Waals surface area contributed by atoms with Crippen LogP contribution in [0.15, 0.2) is 24.3 Å². The van der Waals surface area contributed by atoms with E-state index in [-0.39, 0.29) is 11.7 Å². The molecule has 1 heterocycles. The van der Waals surface area contributed by atoms with E-state index >= 15 is 0 Å². The molecule has 1 saturated heterocycles. The van der Waals surface area contributed by atoms with Gasteiger partial charge in [0.2, 0.25) is 0 Å². The van der Waals surface area contributed by atoms with Crippen molar-refractivity contribution in [1.82, 2.24) is 10.7 Å². The van der Waals surface area contributed by atoms with Crippen molar-refractivity contribution in [3.8, 4) is 0 Å². The zero-order valence-electron chi connectivity index (χ0n) is 10.1. The molecule has 0 saturated carbocycles. The molecule has 1 aliphatic heterocycles. The summed E-state index contributed by atoms with van der Waals surface area (Å²) in [6.07, 6.45) is 0.211. The molecule has 3 N–H and O–H groups in total. The normalized spacial score (nSPS) is 18.1. The number of halogens is 1. The molecule has 1 unspecified atom stereocenters. The third-order valence-corrected chi connectivity index (χ3v) is 2.87. The van der Waals surface area contributed by atoms with E-state index in [2.05, 4.69) is 10.7 Å². The van der Waals surface area contributed by atoms with Crippen LogP contribution in [0.3, 0.4) is 0 Å². The Bertz CT molecular complexity index is 472. The lowest BCUT2D eigenvalue weighted by Gasteiger charge is -2.22. The fourth-order valence-corrected chi connectivity index (χ4v) is 1.91. The number of carboxylic acid groups (broad SMARTS) is 1. The Kier molecular flexibility index (Phi) is 3.96. The standard InChI is InChI=1S/C12H14FN3O3/c13-8-3-5-9(6-4-8)16(12(18)19)15-11(17)10-2-1-7-14-10/h3-6,10,14H,1-2,7H2,(H,15,17)(H,18,19). The Hall–Kier alpha value is -2.15. The smallest absolute Gasteiger partial charge is 0.431 e. The summed E-state index contributed by atoms with van der Waals surface area (Å²) >= 11 is 0. The van der Waals surface area contributed by atoms with Gasteiger partial charge in [-0.2, -0.15) is 5.01 Å². The number of carbonyl (C=O) groups excluding carboxylic acids is 1. The number of benzene rings is 1. The maximum Gasteiger partial charge on any atom is 0.431 e. The summed E-state index contributed by atoms with van der Waals surface area (Å²) in [6.45, 7) is 0.738. The van der Waals surface area contributed by atoms with Gasteiger partial charge in [-0.05, 0) is 43.7 Å². The van der Waals surface area contributed by atoms with Crippen LogP contribution in [0.25, 0.3) is 0 Å². The van der Waals surface area contributed by atoms with Crippen molar-refractivity contribution in [3.63, 3.8) is 0 Å². The van der Waals surface area contributed by atoms with Crippen LogP contribution >= 0.6 is 0 Å². The van der Waals surface area contributed by atoms with Gasteiger partial charge in [0.25, 0.3) is 5.91 Å². The highest BCUT2D eigenvalue weighted by Gasteiger charge is 2.25. The van der Waals surface area contributed by atoms with E-state index in [0.717, 1.165) is 25.1 Å². The van der Waals surface area contributed by atoms with Crippen LogP contribution in [0.2, 0.25) is 0 Å². The average Bonchev–Trinajstić information content (AvgIpc) is 2.90. The molecule has 0 bridgehead atoms. The van der Waals surface area contributed by atoms with Crippen LogP contribution in [-0.4, -0.2) is 29.7 Å². The first kappa shape index (κ1) is 13.3. The summed E-state index contributed by atoms with van der Waals surface area (Å²) in [6, 6.07) is 4.44. The molecular formula is C12H14FN3O3. The molecule has 6 nitrogen and oxygen atoms in total. The van der Waals surface area contributed by atoms with Gasteiger partial charge in [-0.1, -0.05) is 0 Å². The summed E-state index contributed by atoms with van der Waals surface area (Å²) in [7, 11) is 0. The second-order valence-electron chi connectivity index (χ2n) is 4.22. The molecule has 19 heavy (non-hydrogen) atoms. The fourth-order valence-electron chi connectivity index (χ4n) is 1.91. The van der Waals surface area contributed by atoms with E-state index in [9.17, 15) is 14.0 Å². The van der Waals surface area contributed by atoms with Crippen molar-refractivity contribution in [1.29, 1.82) is 0 Å². The summed E-state index contributed by atoms with van der Waals surface area (Å²) in [5, 5.41) is 12.7. The van der Waals surface area contributed by atoms with E-state index in [1.165, 1.54) is 12.1 Å². The van der Waals surface area contributed by atoms with Gasteiger partial charge in [-0.3, -0.25) is 10.2 Å². The Balaban J connectivity index is 2.09. The van der Waals surface area contributed by atoms with Crippen LogP contribution in [0.1, 0.15) is 12.8 Å². The molecular weight excluding hydrogens is 253 g/mol. The lowest BCUT2D eigenvalue weighted by Crippen LogP contribution is -2.51. The second-order valence-corrected chi connectivity index (χ2v) is 4.22. The van der Waals surface area contributed by atoms with Gasteiger partial charge >= 0.3 is 6.09 Å². The predicted octanol–water partition coefficient (Wildman–Crippen LogP) is 1.09. The number of carbonyl (C=O) groups is 2. The van der Waals surface area contributed by atoms with Crippen molar-refractivity contribution < 1.29 is 19.1 Å². The Morgan fingerprint density at radius 1 is 1.37 bits per heavy atom. The molecule has 0 radical (unpaired) electrons. The molecule has 7 heteroatoms. The molecule has 1 aliphatic rings. The van der Waals surface area contributed by atoms with E-state index in [1.54, 1.807) is 0 Å². The van der Waals surface area contributed by atoms with Gasteiger partial charge in [0.05, 0.1) is 11.7 Å². The molecule has 2 amide bonds. The Morgan fingerprint density at radius 2 is 2.05 bits per heavy atom. The van der Waals surface area contributed by atoms with E-state index in [1.807, 2.05) is 0 Å². The van der Waals surface area contributed by atoms with Gasteiger partial charge in [0.1, 0.15) is 5.82 Å². The third kappa shape index (κ3) is 3.19. The molecule has 0 aromatic heterocycles. The number of nitrogens with one attached hydrogen (secondary N) is 2. The van der Waals surface area contributed by atoms with E-state index < -0.39 is 17.8 Å². The maximum absolute atomic E-state index is 12.8. The summed E-state index contributed by atoms with van der Waals surface area (Å²) < 4.78 is 12.8. The van der Waals surface area contributed by atoms with E-state index in [4.69, 9.17) is 5.11 Å². The van der Waals surface area contributed by atoms with Crippen molar-refractivity contribution in [2.45, 2.75) is 18.9 Å². The minimum atomic E-state index is -1.34. The Labute approximate surface area is 109 Å². The minimum Gasteiger partial charge on any atom is -0.463 e. The van der Waals surface area contributed by atoms with Gasteiger partial charge < -0.3 is 10.4 Å². The molecule has 1 aromatic carbocycles. The summed E-state index contributed by atoms with van der Waals surface area (Å²) in [5.74, 6) is -0.887. The number of hydrazine groups is 1. The quantitative estimate of drug-likeness (QED) is 0.701. The van der Waals surface area contributed by atoms with Gasteiger partial charge in [-0.25, -0.2) is 9.18 Å². The van der Waals surface area contributed by atoms with Gasteiger partial charge in [0.15, 0.2) is 0 Å². The minimum absolute atomic E-state index is 0.181. The molecule has 1 atom stereocenters. The number of amides is 2. The highest BCUT2D eigenvalue weighted by atomic mass is 19.1. The first-order valence-electron chi connectivity index (χ1n) is 5.90. The molecule has 1 aromatic rings. The lowest BCUT2D eigenvalue weighted by molar-refractivity contribution is -0.122. The van der Waals surface area contributed by atoms with Crippen molar-refractivity contribution in [3.05, 3.63) is 30.1 Å². The van der Waals surface area contributed by atoms with Crippen LogP contribution in [0, 0.1) is 5.82 Å². The Morgan fingerprint density at radius 3 is 2.58 bits per heavy atom. The number of hydrogen-bond donors (Lipinski definition) is 3. The highest BCUT2D eigenvalue weighted by molar-refractivity contribution is 5.92. The van der Waals surface area contributed by atoms with Crippen LogP contribution in [0.5, 0.6) is 0 Å². The zero-order chi connectivity index (χ0) is 13.8. The zero-order valence-corrected chi connectivity index (χ0v) is 10.1. The lowest BCUT2D eigenvalue weighted by atomic mass is 10.2. The van der Waals surface area contributed by atoms with E-state index in [0.29, 0.717) is 11.4 Å². The SMILES string of the molecule is O=C(NN(C(=O)O)c1ccc(F)cc1)C1CCCN1. The number of hydrogen-bond acceptors (Lipinski definition) is 3. The monoisotopic (exact) mass is 267 g/mol. The number of anilines is 1. The van der Waals surface area contributed by atoms with Crippen molar-refractivity contribution >= 4 is 17.7 Å². The summed E-state index contributed by atoms with van der Waals surface area (Å²) in [5.41, 5.74) is 2.48. The molecule has 0 spiro atoms. The van der Waals surface area contributed by atoms with Gasteiger partial charge in [-0.15, -0.1) is 0 Å². The first-order valence-corrected chi connectivity index (χ1v) is 5.90. The number of rotatable bonds is 2. The topological polar surface area (TPSA) is 81.7 Å². The molecule has 102 valence electrons. The molecule has 2 rings (SSSR count). The van der Waals surface area contributed by atoms with Crippen LogP contribution in [-0.2, 0) is 4.79 Å². The molecule has 1 fully saturated rings. The van der Waals surface area contributed by atoms with Gasteiger partial charge in [0, 0.05) is 0 Å². The van der Waals surface area contributed by atoms with Crippen molar-refractivity contribution in [2.75, 3.05) is 11.6 Å². The van der Waals surface area contributed by atoms with Crippen LogP contribution in [0.4, 0.5) is 14.9 Å². The first-order chi connectivity index (χ1) is 9.08.